The van der Waals surface area contributed by atoms with Gasteiger partial charge >= 0.3 is 0 Å². The van der Waals surface area contributed by atoms with E-state index < -0.39 is 0 Å². The molecule has 0 bridgehead atoms. The van der Waals surface area contributed by atoms with E-state index in [0.29, 0.717) is 17.5 Å². The van der Waals surface area contributed by atoms with Gasteiger partial charge in [0.05, 0.1) is 19.1 Å². The van der Waals surface area contributed by atoms with E-state index in [4.69, 9.17) is 16.3 Å². The Bertz CT molecular complexity index is 496. The Morgan fingerprint density at radius 2 is 1.95 bits per heavy atom. The molecule has 5 heteroatoms. The lowest BCUT2D eigenvalue weighted by molar-refractivity contribution is -0.123. The van der Waals surface area contributed by atoms with E-state index in [0.717, 1.165) is 51.3 Å². The van der Waals surface area contributed by atoms with Crippen LogP contribution in [0.5, 0.6) is 0 Å². The zero-order valence-electron chi connectivity index (χ0n) is 12.8. The average Bonchev–Trinajstić information content (AvgIpc) is 3.35. The highest BCUT2D eigenvalue weighted by molar-refractivity contribution is 6.30. The number of hydrogen-bond acceptors (Lipinski definition) is 3. The second-order valence-electron chi connectivity index (χ2n) is 6.11. The predicted molar refractivity (Wildman–Crippen MR) is 87.2 cm³/mol. The molecule has 0 spiro atoms. The molecule has 1 aliphatic heterocycles. The van der Waals surface area contributed by atoms with Gasteiger partial charge in [-0.2, -0.15) is 0 Å². The molecule has 3 rings (SSSR count). The number of ether oxygens (including phenoxy) is 1. The zero-order chi connectivity index (χ0) is 15.4. The Labute approximate surface area is 136 Å². The number of amides is 1. The first-order chi connectivity index (χ1) is 10.7. The number of rotatable bonds is 6. The van der Waals surface area contributed by atoms with Crippen LogP contribution < -0.4 is 5.32 Å². The first kappa shape index (κ1) is 15.8. The van der Waals surface area contributed by atoms with Gasteiger partial charge in [0.25, 0.3) is 0 Å². The van der Waals surface area contributed by atoms with Gasteiger partial charge in [-0.25, -0.2) is 0 Å². The molecule has 1 N–H and O–H groups in total. The Balaban J connectivity index is 1.53. The zero-order valence-corrected chi connectivity index (χ0v) is 13.5. The summed E-state index contributed by atoms with van der Waals surface area (Å²) in [6, 6.07) is 7.69. The lowest BCUT2D eigenvalue weighted by Crippen LogP contribution is -2.42. The van der Waals surface area contributed by atoms with Gasteiger partial charge in [0.2, 0.25) is 5.91 Å². The minimum Gasteiger partial charge on any atom is -0.379 e. The van der Waals surface area contributed by atoms with Gasteiger partial charge in [-0.05, 0) is 36.5 Å². The number of benzene rings is 1. The summed E-state index contributed by atoms with van der Waals surface area (Å²) in [6.07, 6.45) is 2.29. The number of nitrogens with zero attached hydrogens (tertiary/aromatic N) is 1. The highest BCUT2D eigenvalue weighted by Crippen LogP contribution is 2.42. The van der Waals surface area contributed by atoms with Gasteiger partial charge in [-0.1, -0.05) is 23.7 Å². The molecular formula is C17H23ClN2O2. The lowest BCUT2D eigenvalue weighted by atomic mass is 9.93. The van der Waals surface area contributed by atoms with Crippen LogP contribution in [0.2, 0.25) is 5.02 Å². The van der Waals surface area contributed by atoms with Gasteiger partial charge < -0.3 is 10.1 Å². The van der Waals surface area contributed by atoms with Crippen LogP contribution in [0.25, 0.3) is 0 Å². The van der Waals surface area contributed by atoms with Crippen LogP contribution in [0.4, 0.5) is 0 Å². The van der Waals surface area contributed by atoms with Crippen molar-refractivity contribution in [3.63, 3.8) is 0 Å². The third-order valence-electron chi connectivity index (χ3n) is 4.44. The minimum atomic E-state index is -0.0260. The maximum atomic E-state index is 12.6. The number of nitrogens with one attached hydrogen (secondary N) is 1. The van der Waals surface area contributed by atoms with Crippen LogP contribution in [-0.2, 0) is 9.53 Å². The van der Waals surface area contributed by atoms with Crippen LogP contribution in [0.15, 0.2) is 24.3 Å². The summed E-state index contributed by atoms with van der Waals surface area (Å²) in [5.41, 5.74) is 1.08. The third kappa shape index (κ3) is 4.22. The standard InChI is InChI=1S/C17H23ClN2O2/c18-15-5-3-14(4-6-15)16(13-1-2-13)17(21)19-7-8-20-9-11-22-12-10-20/h3-6,13,16H,1-2,7-12H2,(H,19,21). The minimum absolute atomic E-state index is 0.0260. The summed E-state index contributed by atoms with van der Waals surface area (Å²) < 4.78 is 5.33. The van der Waals surface area contributed by atoms with E-state index in [1.54, 1.807) is 0 Å². The van der Waals surface area contributed by atoms with E-state index >= 15 is 0 Å². The second-order valence-corrected chi connectivity index (χ2v) is 6.55. The van der Waals surface area contributed by atoms with Crippen molar-refractivity contribution in [3.05, 3.63) is 34.9 Å². The molecular weight excluding hydrogens is 300 g/mol. The Morgan fingerprint density at radius 3 is 2.59 bits per heavy atom. The molecule has 1 amide bonds. The third-order valence-corrected chi connectivity index (χ3v) is 4.69. The Hall–Kier alpha value is -1.10. The SMILES string of the molecule is O=C(NCCN1CCOCC1)C(c1ccc(Cl)cc1)C1CC1. The van der Waals surface area contributed by atoms with E-state index in [1.165, 1.54) is 0 Å². The second kappa shape index (κ2) is 7.44. The van der Waals surface area contributed by atoms with Gasteiger partial charge in [0.15, 0.2) is 0 Å². The molecule has 1 unspecified atom stereocenters. The van der Waals surface area contributed by atoms with Crippen molar-refractivity contribution in [1.82, 2.24) is 10.2 Å². The topological polar surface area (TPSA) is 41.6 Å². The summed E-state index contributed by atoms with van der Waals surface area (Å²) in [5, 5.41) is 3.82. The highest BCUT2D eigenvalue weighted by atomic mass is 35.5. The van der Waals surface area contributed by atoms with Crippen LogP contribution in [0.3, 0.4) is 0 Å². The molecule has 1 saturated carbocycles. The molecule has 2 fully saturated rings. The van der Waals surface area contributed by atoms with Crippen LogP contribution in [-0.4, -0.2) is 50.2 Å². The van der Waals surface area contributed by atoms with Gasteiger partial charge in [0, 0.05) is 31.2 Å². The Kier molecular flexibility index (Phi) is 5.34. The van der Waals surface area contributed by atoms with E-state index in [1.807, 2.05) is 24.3 Å². The summed E-state index contributed by atoms with van der Waals surface area (Å²) in [6.45, 7) is 5.10. The largest absolute Gasteiger partial charge is 0.379 e. The molecule has 4 nitrogen and oxygen atoms in total. The van der Waals surface area contributed by atoms with Gasteiger partial charge in [0.1, 0.15) is 0 Å². The van der Waals surface area contributed by atoms with Crippen LogP contribution in [0, 0.1) is 5.92 Å². The normalized spacial score (nSPS) is 20.6. The number of carbonyl (C=O) groups excluding carboxylic acids is 1. The van der Waals surface area contributed by atoms with Gasteiger partial charge in [-0.15, -0.1) is 0 Å². The molecule has 1 aliphatic carbocycles. The number of carbonyl (C=O) groups is 1. The van der Waals surface area contributed by atoms with E-state index in [9.17, 15) is 4.79 Å². The van der Waals surface area contributed by atoms with E-state index in [-0.39, 0.29) is 11.8 Å². The number of halogens is 1. The van der Waals surface area contributed by atoms with Crippen molar-refractivity contribution in [2.45, 2.75) is 18.8 Å². The quantitative estimate of drug-likeness (QED) is 0.873. The maximum Gasteiger partial charge on any atom is 0.227 e. The van der Waals surface area contributed by atoms with E-state index in [2.05, 4.69) is 10.2 Å². The molecule has 0 aromatic heterocycles. The predicted octanol–water partition coefficient (Wildman–Crippen LogP) is 2.28. The fraction of sp³-hybridized carbons (Fsp3) is 0.588. The first-order valence-electron chi connectivity index (χ1n) is 8.07. The lowest BCUT2D eigenvalue weighted by Gasteiger charge is -2.27. The molecule has 22 heavy (non-hydrogen) atoms. The maximum absolute atomic E-state index is 12.6. The fourth-order valence-corrected chi connectivity index (χ4v) is 3.14. The van der Waals surface area contributed by atoms with Crippen molar-refractivity contribution < 1.29 is 9.53 Å². The molecule has 1 aromatic carbocycles. The van der Waals surface area contributed by atoms with Crippen molar-refractivity contribution >= 4 is 17.5 Å². The monoisotopic (exact) mass is 322 g/mol. The van der Waals surface area contributed by atoms with Gasteiger partial charge in [-0.3, -0.25) is 9.69 Å². The van der Waals surface area contributed by atoms with Crippen molar-refractivity contribution in [2.24, 2.45) is 5.92 Å². The number of hydrogen-bond donors (Lipinski definition) is 1. The van der Waals surface area contributed by atoms with Crippen molar-refractivity contribution in [1.29, 1.82) is 0 Å². The smallest absolute Gasteiger partial charge is 0.227 e. The molecule has 1 aromatic rings. The summed E-state index contributed by atoms with van der Waals surface area (Å²) in [4.78, 5) is 14.9. The fourth-order valence-electron chi connectivity index (χ4n) is 3.01. The van der Waals surface area contributed by atoms with Crippen LogP contribution in [0.1, 0.15) is 24.3 Å². The highest BCUT2D eigenvalue weighted by Gasteiger charge is 2.37. The summed E-state index contributed by atoms with van der Waals surface area (Å²) in [5.74, 6) is 0.615. The molecule has 1 heterocycles. The van der Waals surface area contributed by atoms with Crippen molar-refractivity contribution in [3.8, 4) is 0 Å². The molecule has 120 valence electrons. The molecule has 1 saturated heterocycles. The molecule has 2 aliphatic rings. The summed E-state index contributed by atoms with van der Waals surface area (Å²) in [7, 11) is 0. The molecule has 1 atom stereocenters. The average molecular weight is 323 g/mol. The first-order valence-corrected chi connectivity index (χ1v) is 8.45. The number of morpholine rings is 1. The van der Waals surface area contributed by atoms with Crippen molar-refractivity contribution in [2.75, 3.05) is 39.4 Å². The summed E-state index contributed by atoms with van der Waals surface area (Å²) >= 11 is 5.94. The molecule has 0 radical (unpaired) electrons. The van der Waals surface area contributed by atoms with Crippen LogP contribution >= 0.6 is 11.6 Å². The Morgan fingerprint density at radius 1 is 1.27 bits per heavy atom.